The van der Waals surface area contributed by atoms with E-state index in [1.807, 2.05) is 0 Å². The highest BCUT2D eigenvalue weighted by Crippen LogP contribution is 2.29. The van der Waals surface area contributed by atoms with Crippen LogP contribution in [0.25, 0.3) is 0 Å². The number of carbonyl (C=O) groups excluding carboxylic acids is 1. The molecule has 0 unspecified atom stereocenters. The molecule has 1 aromatic rings. The Kier molecular flexibility index (Phi) is 5.08. The first-order chi connectivity index (χ1) is 9.06. The Bertz CT molecular complexity index is 437. The second-order valence-electron chi connectivity index (χ2n) is 5.10. The molecule has 1 fully saturated rings. The number of rotatable bonds is 3. The quantitative estimate of drug-likeness (QED) is 0.924. The summed E-state index contributed by atoms with van der Waals surface area (Å²) in [5.41, 5.74) is 0.501. The van der Waals surface area contributed by atoms with Crippen molar-refractivity contribution in [1.29, 1.82) is 0 Å². The van der Waals surface area contributed by atoms with E-state index in [0.29, 0.717) is 22.3 Å². The molecule has 1 N–H and O–H groups in total. The largest absolute Gasteiger partial charge is 0.322 e. The molecule has 19 heavy (non-hydrogen) atoms. The zero-order valence-corrected chi connectivity index (χ0v) is 12.5. The third-order valence-electron chi connectivity index (χ3n) is 3.47. The van der Waals surface area contributed by atoms with Gasteiger partial charge in [-0.25, -0.2) is 0 Å². The van der Waals surface area contributed by atoms with Crippen molar-refractivity contribution in [1.82, 2.24) is 4.90 Å². The zero-order valence-electron chi connectivity index (χ0n) is 11.0. The highest BCUT2D eigenvalue weighted by Gasteiger charge is 2.18. The number of piperidine rings is 1. The van der Waals surface area contributed by atoms with E-state index >= 15 is 0 Å². The molecule has 0 aliphatic carbocycles. The van der Waals surface area contributed by atoms with Crippen molar-refractivity contribution in [2.24, 2.45) is 5.92 Å². The van der Waals surface area contributed by atoms with Crippen LogP contribution in [0.1, 0.15) is 19.8 Å². The molecular formula is C14H18Cl2N2O. The fourth-order valence-corrected chi connectivity index (χ4v) is 2.71. The van der Waals surface area contributed by atoms with Gasteiger partial charge in [0.15, 0.2) is 0 Å². The van der Waals surface area contributed by atoms with Crippen LogP contribution >= 0.6 is 23.2 Å². The average Bonchev–Trinajstić information content (AvgIpc) is 2.37. The monoisotopic (exact) mass is 300 g/mol. The minimum absolute atomic E-state index is 0.0652. The fraction of sp³-hybridized carbons (Fsp3) is 0.500. The van der Waals surface area contributed by atoms with Crippen molar-refractivity contribution < 1.29 is 4.79 Å². The van der Waals surface area contributed by atoms with Gasteiger partial charge in [0.25, 0.3) is 0 Å². The molecule has 0 aromatic heterocycles. The molecule has 1 heterocycles. The van der Waals surface area contributed by atoms with Crippen LogP contribution in [-0.2, 0) is 4.79 Å². The highest BCUT2D eigenvalue weighted by atomic mass is 35.5. The number of halogens is 2. The number of benzene rings is 1. The Morgan fingerprint density at radius 3 is 2.47 bits per heavy atom. The molecule has 1 aromatic carbocycles. The van der Waals surface area contributed by atoms with E-state index < -0.39 is 0 Å². The molecule has 1 amide bonds. The Morgan fingerprint density at radius 2 is 1.89 bits per heavy atom. The van der Waals surface area contributed by atoms with Gasteiger partial charge < -0.3 is 5.32 Å². The van der Waals surface area contributed by atoms with E-state index in [0.717, 1.165) is 31.8 Å². The van der Waals surface area contributed by atoms with E-state index in [1.165, 1.54) is 0 Å². The highest BCUT2D eigenvalue weighted by molar-refractivity contribution is 6.39. The van der Waals surface area contributed by atoms with Crippen molar-refractivity contribution in [3.05, 3.63) is 28.2 Å². The molecule has 0 saturated carbocycles. The molecule has 5 heteroatoms. The van der Waals surface area contributed by atoms with Gasteiger partial charge in [0, 0.05) is 0 Å². The van der Waals surface area contributed by atoms with E-state index in [1.54, 1.807) is 18.2 Å². The summed E-state index contributed by atoms with van der Waals surface area (Å²) in [6.07, 6.45) is 2.31. The number of hydrogen-bond acceptors (Lipinski definition) is 2. The first-order valence-electron chi connectivity index (χ1n) is 6.52. The summed E-state index contributed by atoms with van der Waals surface area (Å²) >= 11 is 12.0. The normalized spacial score (nSPS) is 17.4. The number of hydrogen-bond donors (Lipinski definition) is 1. The van der Waals surface area contributed by atoms with E-state index in [9.17, 15) is 4.79 Å². The molecule has 1 aliphatic heterocycles. The van der Waals surface area contributed by atoms with Crippen LogP contribution in [0.5, 0.6) is 0 Å². The number of likely N-dealkylation sites (tertiary alicyclic amines) is 1. The lowest BCUT2D eigenvalue weighted by atomic mass is 9.99. The molecule has 0 spiro atoms. The second kappa shape index (κ2) is 6.60. The number of nitrogens with one attached hydrogen (secondary N) is 1. The lowest BCUT2D eigenvalue weighted by molar-refractivity contribution is -0.117. The van der Waals surface area contributed by atoms with Crippen molar-refractivity contribution in [3.8, 4) is 0 Å². The van der Waals surface area contributed by atoms with E-state index in [-0.39, 0.29) is 5.91 Å². The predicted molar refractivity (Wildman–Crippen MR) is 79.9 cm³/mol. The fourth-order valence-electron chi connectivity index (χ4n) is 2.22. The lowest BCUT2D eigenvalue weighted by Crippen LogP contribution is -2.38. The third-order valence-corrected chi connectivity index (χ3v) is 4.10. The minimum atomic E-state index is -0.0652. The van der Waals surface area contributed by atoms with Gasteiger partial charge >= 0.3 is 0 Å². The van der Waals surface area contributed by atoms with Gasteiger partial charge in [-0.1, -0.05) is 36.2 Å². The first-order valence-corrected chi connectivity index (χ1v) is 7.28. The Morgan fingerprint density at radius 1 is 1.32 bits per heavy atom. The van der Waals surface area contributed by atoms with Crippen molar-refractivity contribution in [2.75, 3.05) is 25.0 Å². The van der Waals surface area contributed by atoms with Crippen LogP contribution in [0.15, 0.2) is 18.2 Å². The predicted octanol–water partition coefficient (Wildman–Crippen LogP) is 3.66. The van der Waals surface area contributed by atoms with Crippen LogP contribution < -0.4 is 5.32 Å². The maximum atomic E-state index is 12.0. The summed E-state index contributed by atoms with van der Waals surface area (Å²) in [4.78, 5) is 14.2. The number of para-hydroxylation sites is 1. The molecular weight excluding hydrogens is 283 g/mol. The van der Waals surface area contributed by atoms with Gasteiger partial charge in [-0.05, 0) is 44.0 Å². The zero-order chi connectivity index (χ0) is 13.8. The second-order valence-corrected chi connectivity index (χ2v) is 5.92. The van der Waals surface area contributed by atoms with Crippen LogP contribution in [0, 0.1) is 5.92 Å². The van der Waals surface area contributed by atoms with E-state index in [4.69, 9.17) is 23.2 Å². The van der Waals surface area contributed by atoms with Gasteiger partial charge in [0.1, 0.15) is 0 Å². The third kappa shape index (κ3) is 4.10. The molecule has 0 atom stereocenters. The van der Waals surface area contributed by atoms with Gasteiger partial charge in [-0.3, -0.25) is 9.69 Å². The number of carbonyl (C=O) groups is 1. The smallest absolute Gasteiger partial charge is 0.238 e. The topological polar surface area (TPSA) is 32.3 Å². The summed E-state index contributed by atoms with van der Waals surface area (Å²) in [6, 6.07) is 5.18. The number of amides is 1. The molecule has 1 saturated heterocycles. The van der Waals surface area contributed by atoms with Crippen LogP contribution in [-0.4, -0.2) is 30.4 Å². The Labute approximate surface area is 123 Å². The standard InChI is InChI=1S/C14H18Cl2N2O/c1-10-5-7-18(8-6-10)9-13(19)17-14-11(15)3-2-4-12(14)16/h2-4,10H,5-9H2,1H3,(H,17,19). The Hall–Kier alpha value is -0.770. The van der Waals surface area contributed by atoms with Crippen LogP contribution in [0.4, 0.5) is 5.69 Å². The summed E-state index contributed by atoms with van der Waals surface area (Å²) in [6.45, 7) is 4.60. The maximum absolute atomic E-state index is 12.0. The minimum Gasteiger partial charge on any atom is -0.322 e. The van der Waals surface area contributed by atoms with Gasteiger partial charge in [-0.2, -0.15) is 0 Å². The van der Waals surface area contributed by atoms with Crippen molar-refractivity contribution in [3.63, 3.8) is 0 Å². The number of anilines is 1. The van der Waals surface area contributed by atoms with E-state index in [2.05, 4.69) is 17.1 Å². The SMILES string of the molecule is CC1CCN(CC(=O)Nc2c(Cl)cccc2Cl)CC1. The molecule has 0 bridgehead atoms. The summed E-state index contributed by atoms with van der Waals surface area (Å²) in [7, 11) is 0. The molecule has 0 radical (unpaired) electrons. The summed E-state index contributed by atoms with van der Waals surface area (Å²) in [5.74, 6) is 0.696. The molecule has 3 nitrogen and oxygen atoms in total. The molecule has 1 aliphatic rings. The molecule has 2 rings (SSSR count). The van der Waals surface area contributed by atoms with Crippen molar-refractivity contribution >= 4 is 34.8 Å². The first kappa shape index (κ1) is 14.6. The van der Waals surface area contributed by atoms with Gasteiger partial charge in [0.2, 0.25) is 5.91 Å². The Balaban J connectivity index is 1.91. The van der Waals surface area contributed by atoms with Crippen LogP contribution in [0.2, 0.25) is 10.0 Å². The van der Waals surface area contributed by atoms with Gasteiger partial charge in [0.05, 0.1) is 22.3 Å². The summed E-state index contributed by atoms with van der Waals surface area (Å²) in [5, 5.41) is 3.72. The summed E-state index contributed by atoms with van der Waals surface area (Å²) < 4.78 is 0. The van der Waals surface area contributed by atoms with Crippen LogP contribution in [0.3, 0.4) is 0 Å². The number of nitrogens with zero attached hydrogens (tertiary/aromatic N) is 1. The lowest BCUT2D eigenvalue weighted by Gasteiger charge is -2.29. The van der Waals surface area contributed by atoms with Crippen molar-refractivity contribution in [2.45, 2.75) is 19.8 Å². The molecule has 104 valence electrons. The maximum Gasteiger partial charge on any atom is 0.238 e. The van der Waals surface area contributed by atoms with Gasteiger partial charge in [-0.15, -0.1) is 0 Å². The average molecular weight is 301 g/mol.